The van der Waals surface area contributed by atoms with E-state index in [-0.39, 0.29) is 12.0 Å². The molecule has 1 saturated heterocycles. The monoisotopic (exact) mass is 405 g/mol. The van der Waals surface area contributed by atoms with E-state index in [4.69, 9.17) is 4.74 Å². The minimum absolute atomic E-state index is 0.113. The molecule has 1 fully saturated rings. The van der Waals surface area contributed by atoms with E-state index in [0.29, 0.717) is 24.4 Å². The van der Waals surface area contributed by atoms with Crippen LogP contribution in [0.5, 0.6) is 5.75 Å². The third-order valence-electron chi connectivity index (χ3n) is 5.29. The molecule has 2 aromatic heterocycles. The lowest BCUT2D eigenvalue weighted by Crippen LogP contribution is -2.38. The molecular weight excluding hydrogens is 378 g/mol. The Bertz CT molecular complexity index is 922. The van der Waals surface area contributed by atoms with Gasteiger partial charge in [0.1, 0.15) is 11.9 Å². The molecule has 3 aromatic rings. The molecule has 0 atom stereocenters. The molecule has 1 aromatic carbocycles. The molecule has 7 heteroatoms. The summed E-state index contributed by atoms with van der Waals surface area (Å²) >= 11 is 0. The smallest absolute Gasteiger partial charge is 0.255 e. The summed E-state index contributed by atoms with van der Waals surface area (Å²) in [6.07, 6.45) is 9.17. The topological polar surface area (TPSA) is 72.3 Å². The Morgan fingerprint density at radius 3 is 2.70 bits per heavy atom. The zero-order valence-corrected chi connectivity index (χ0v) is 17.0. The molecule has 0 unspecified atom stereocenters. The number of ether oxygens (including phenoxy) is 1. The Morgan fingerprint density at radius 2 is 1.93 bits per heavy atom. The maximum Gasteiger partial charge on any atom is 0.255 e. The van der Waals surface area contributed by atoms with E-state index in [9.17, 15) is 4.79 Å². The first kappa shape index (κ1) is 20.1. The van der Waals surface area contributed by atoms with E-state index in [2.05, 4.69) is 26.3 Å². The van der Waals surface area contributed by atoms with Crippen molar-refractivity contribution in [3.05, 3.63) is 78.6 Å². The average molecular weight is 406 g/mol. The molecule has 1 amide bonds. The predicted molar refractivity (Wildman–Crippen MR) is 114 cm³/mol. The van der Waals surface area contributed by atoms with Crippen molar-refractivity contribution < 1.29 is 9.53 Å². The Hall–Kier alpha value is -3.19. The molecule has 156 valence electrons. The molecule has 1 N–H and O–H groups in total. The van der Waals surface area contributed by atoms with Gasteiger partial charge in [-0.3, -0.25) is 14.7 Å². The summed E-state index contributed by atoms with van der Waals surface area (Å²) in [4.78, 5) is 23.5. The number of rotatable bonds is 8. The van der Waals surface area contributed by atoms with Gasteiger partial charge in [-0.2, -0.15) is 0 Å². The molecule has 0 spiro atoms. The summed E-state index contributed by atoms with van der Waals surface area (Å²) in [5.41, 5.74) is 1.67. The van der Waals surface area contributed by atoms with Crippen molar-refractivity contribution in [3.63, 3.8) is 0 Å². The van der Waals surface area contributed by atoms with Gasteiger partial charge >= 0.3 is 0 Å². The van der Waals surface area contributed by atoms with E-state index in [0.717, 1.165) is 38.2 Å². The zero-order chi connectivity index (χ0) is 20.6. The number of benzene rings is 1. The lowest BCUT2D eigenvalue weighted by molar-refractivity contribution is 0.0888. The maximum absolute atomic E-state index is 12.7. The number of carbonyl (C=O) groups is 1. The van der Waals surface area contributed by atoms with Gasteiger partial charge in [0.15, 0.2) is 0 Å². The first-order valence-electron chi connectivity index (χ1n) is 10.4. The normalized spacial score (nSPS) is 15.1. The molecule has 0 bridgehead atoms. The van der Waals surface area contributed by atoms with Gasteiger partial charge in [0.05, 0.1) is 17.6 Å². The number of para-hydroxylation sites is 1. The molecule has 3 heterocycles. The summed E-state index contributed by atoms with van der Waals surface area (Å²) in [7, 11) is 0. The van der Waals surface area contributed by atoms with Gasteiger partial charge in [-0.15, -0.1) is 0 Å². The lowest BCUT2D eigenvalue weighted by atomic mass is 10.1. The largest absolute Gasteiger partial charge is 0.489 e. The second kappa shape index (κ2) is 10.0. The first-order chi connectivity index (χ1) is 14.8. The highest BCUT2D eigenvalue weighted by Crippen LogP contribution is 2.23. The van der Waals surface area contributed by atoms with Crippen molar-refractivity contribution in [1.29, 1.82) is 0 Å². The van der Waals surface area contributed by atoms with Crippen LogP contribution in [0.2, 0.25) is 0 Å². The summed E-state index contributed by atoms with van der Waals surface area (Å²) in [6.45, 7) is 4.00. The van der Waals surface area contributed by atoms with Crippen LogP contribution >= 0.6 is 0 Å². The maximum atomic E-state index is 12.7. The third kappa shape index (κ3) is 5.45. The van der Waals surface area contributed by atoms with E-state index in [1.807, 2.05) is 53.4 Å². The molecule has 0 saturated carbocycles. The minimum atomic E-state index is -0.113. The van der Waals surface area contributed by atoms with E-state index >= 15 is 0 Å². The third-order valence-corrected chi connectivity index (χ3v) is 5.29. The lowest BCUT2D eigenvalue weighted by Gasteiger charge is -2.32. The summed E-state index contributed by atoms with van der Waals surface area (Å²) < 4.78 is 8.17. The van der Waals surface area contributed by atoms with Gasteiger partial charge in [-0.1, -0.05) is 18.2 Å². The number of hydrogen-bond acceptors (Lipinski definition) is 5. The highest BCUT2D eigenvalue weighted by molar-refractivity contribution is 5.96. The Morgan fingerprint density at radius 1 is 1.10 bits per heavy atom. The summed E-state index contributed by atoms with van der Waals surface area (Å²) in [5, 5.41) is 2.97. The molecule has 1 aliphatic heterocycles. The summed E-state index contributed by atoms with van der Waals surface area (Å²) in [5.74, 6) is 0.541. The van der Waals surface area contributed by atoms with Gasteiger partial charge in [0.25, 0.3) is 5.91 Å². The number of likely N-dealkylation sites (tertiary alicyclic amines) is 1. The SMILES string of the molecule is O=C(NCCn1ccnc1)c1ccccc1OC1CCN(Cc2ccccn2)CC1. The number of amides is 1. The molecule has 4 rings (SSSR count). The zero-order valence-electron chi connectivity index (χ0n) is 17.0. The van der Waals surface area contributed by atoms with Crippen molar-refractivity contribution in [2.24, 2.45) is 0 Å². The van der Waals surface area contributed by atoms with Crippen LogP contribution < -0.4 is 10.1 Å². The van der Waals surface area contributed by atoms with Gasteiger partial charge in [0.2, 0.25) is 0 Å². The minimum Gasteiger partial charge on any atom is -0.489 e. The van der Waals surface area contributed by atoms with Crippen LogP contribution in [0, 0.1) is 0 Å². The predicted octanol–water partition coefficient (Wildman–Crippen LogP) is 2.75. The second-order valence-electron chi connectivity index (χ2n) is 7.47. The Balaban J connectivity index is 1.28. The Labute approximate surface area is 176 Å². The summed E-state index contributed by atoms with van der Waals surface area (Å²) in [6, 6.07) is 13.5. The molecule has 0 aliphatic carbocycles. The van der Waals surface area contributed by atoms with Crippen LogP contribution in [0.3, 0.4) is 0 Å². The van der Waals surface area contributed by atoms with Crippen molar-refractivity contribution in [3.8, 4) is 5.75 Å². The highest BCUT2D eigenvalue weighted by atomic mass is 16.5. The quantitative estimate of drug-likeness (QED) is 0.624. The van der Waals surface area contributed by atoms with Crippen LogP contribution in [-0.2, 0) is 13.1 Å². The van der Waals surface area contributed by atoms with Crippen molar-refractivity contribution in [1.82, 2.24) is 24.8 Å². The molecule has 0 radical (unpaired) electrons. The standard InChI is InChI=1S/C23H27N5O2/c29-23(26-12-16-28-15-11-24-18-28)21-6-1-2-7-22(21)30-20-8-13-27(14-9-20)17-19-5-3-4-10-25-19/h1-7,10-11,15,18,20H,8-9,12-14,16-17H2,(H,26,29). The number of imidazole rings is 1. The average Bonchev–Trinajstić information content (AvgIpc) is 3.30. The first-order valence-corrected chi connectivity index (χ1v) is 10.4. The molecule has 30 heavy (non-hydrogen) atoms. The van der Waals surface area contributed by atoms with Gasteiger partial charge < -0.3 is 14.6 Å². The number of piperidine rings is 1. The molecule has 1 aliphatic rings. The van der Waals surface area contributed by atoms with Crippen LogP contribution in [0.4, 0.5) is 0 Å². The number of carbonyl (C=O) groups excluding carboxylic acids is 1. The van der Waals surface area contributed by atoms with Crippen molar-refractivity contribution >= 4 is 5.91 Å². The van der Waals surface area contributed by atoms with Gasteiger partial charge in [-0.25, -0.2) is 4.98 Å². The van der Waals surface area contributed by atoms with E-state index in [1.165, 1.54) is 0 Å². The van der Waals surface area contributed by atoms with Crippen molar-refractivity contribution in [2.75, 3.05) is 19.6 Å². The Kier molecular flexibility index (Phi) is 6.72. The highest BCUT2D eigenvalue weighted by Gasteiger charge is 2.22. The number of pyridine rings is 1. The number of aromatic nitrogens is 3. The van der Waals surface area contributed by atoms with Crippen LogP contribution in [0.1, 0.15) is 28.9 Å². The van der Waals surface area contributed by atoms with Crippen LogP contribution in [0.25, 0.3) is 0 Å². The molecular formula is C23H27N5O2. The van der Waals surface area contributed by atoms with Crippen LogP contribution in [-0.4, -0.2) is 51.1 Å². The second-order valence-corrected chi connectivity index (χ2v) is 7.47. The van der Waals surface area contributed by atoms with Gasteiger partial charge in [0, 0.05) is 51.3 Å². The number of nitrogens with one attached hydrogen (secondary N) is 1. The number of hydrogen-bond donors (Lipinski definition) is 1. The van der Waals surface area contributed by atoms with E-state index in [1.54, 1.807) is 12.5 Å². The van der Waals surface area contributed by atoms with Gasteiger partial charge in [-0.05, 0) is 37.1 Å². The fraction of sp³-hybridized carbons (Fsp3) is 0.348. The molecule has 7 nitrogen and oxygen atoms in total. The fourth-order valence-electron chi connectivity index (χ4n) is 3.66. The number of nitrogens with zero attached hydrogens (tertiary/aromatic N) is 4. The van der Waals surface area contributed by atoms with E-state index < -0.39 is 0 Å². The van der Waals surface area contributed by atoms with Crippen molar-refractivity contribution in [2.45, 2.75) is 32.0 Å². The fourth-order valence-corrected chi connectivity index (χ4v) is 3.66. The van der Waals surface area contributed by atoms with Crippen LogP contribution in [0.15, 0.2) is 67.4 Å².